The van der Waals surface area contributed by atoms with Crippen LogP contribution in [-0.2, 0) is 11.3 Å². The van der Waals surface area contributed by atoms with Gasteiger partial charge in [0, 0.05) is 28.9 Å². The maximum atomic E-state index is 12.5. The van der Waals surface area contributed by atoms with E-state index in [4.69, 9.17) is 4.74 Å². The zero-order chi connectivity index (χ0) is 17.3. The van der Waals surface area contributed by atoms with E-state index in [1.807, 2.05) is 24.3 Å². The molecule has 24 heavy (non-hydrogen) atoms. The third kappa shape index (κ3) is 3.37. The fraction of sp³-hybridized carbons (Fsp3) is 0.278. The van der Waals surface area contributed by atoms with Crippen molar-refractivity contribution in [3.05, 3.63) is 54.2 Å². The van der Waals surface area contributed by atoms with Crippen molar-refractivity contribution in [2.45, 2.75) is 32.9 Å². The van der Waals surface area contributed by atoms with Crippen LogP contribution in [0.4, 0.5) is 0 Å². The summed E-state index contributed by atoms with van der Waals surface area (Å²) in [6.45, 7) is 5.49. The van der Waals surface area contributed by atoms with Gasteiger partial charge in [-0.15, -0.1) is 0 Å². The van der Waals surface area contributed by atoms with E-state index in [-0.39, 0.29) is 18.0 Å². The van der Waals surface area contributed by atoms with Gasteiger partial charge in [-0.05, 0) is 26.8 Å². The first-order chi connectivity index (χ1) is 11.3. The summed E-state index contributed by atoms with van der Waals surface area (Å²) in [5.41, 5.74) is 1.15. The Balaban J connectivity index is 1.75. The molecule has 0 aliphatic rings. The Morgan fingerprint density at radius 2 is 2.00 bits per heavy atom. The van der Waals surface area contributed by atoms with Crippen molar-refractivity contribution in [1.82, 2.24) is 14.5 Å². The van der Waals surface area contributed by atoms with E-state index in [2.05, 4.69) is 9.97 Å². The summed E-state index contributed by atoms with van der Waals surface area (Å²) < 4.78 is 6.85. The minimum Gasteiger partial charge on any atom is -0.455 e. The van der Waals surface area contributed by atoms with Gasteiger partial charge in [-0.25, -0.2) is 9.78 Å². The zero-order valence-corrected chi connectivity index (χ0v) is 13.9. The molecule has 0 bridgehead atoms. The molecule has 2 heterocycles. The zero-order valence-electron chi connectivity index (χ0n) is 13.9. The molecule has 6 nitrogen and oxygen atoms in total. The second-order valence-electron chi connectivity index (χ2n) is 6.60. The standard InChI is InChI=1S/C18H19N3O3/c1-18(2,3)24-17(23)15-9-21(11-20-15)10-16(22)13-8-19-14-7-5-4-6-12(13)14/h4-9,11,19H,10H2,1-3H3. The van der Waals surface area contributed by atoms with E-state index in [1.54, 1.807) is 31.5 Å². The highest BCUT2D eigenvalue weighted by Gasteiger charge is 2.20. The van der Waals surface area contributed by atoms with Crippen LogP contribution in [0.1, 0.15) is 41.6 Å². The van der Waals surface area contributed by atoms with Gasteiger partial charge in [0.2, 0.25) is 0 Å². The van der Waals surface area contributed by atoms with Gasteiger partial charge in [0.15, 0.2) is 11.5 Å². The van der Waals surface area contributed by atoms with E-state index in [1.165, 1.54) is 12.5 Å². The monoisotopic (exact) mass is 325 g/mol. The molecule has 0 unspecified atom stereocenters. The molecule has 2 aromatic heterocycles. The number of ether oxygens (including phenoxy) is 1. The van der Waals surface area contributed by atoms with Crippen molar-refractivity contribution in [2.75, 3.05) is 0 Å². The van der Waals surface area contributed by atoms with Crippen molar-refractivity contribution in [3.8, 4) is 0 Å². The van der Waals surface area contributed by atoms with Crippen LogP contribution in [0.25, 0.3) is 10.9 Å². The number of aromatic nitrogens is 3. The van der Waals surface area contributed by atoms with Crippen molar-refractivity contribution in [2.24, 2.45) is 0 Å². The van der Waals surface area contributed by atoms with Gasteiger partial charge in [-0.3, -0.25) is 4.79 Å². The molecular formula is C18H19N3O3. The molecule has 3 rings (SSSR count). The molecule has 0 saturated carbocycles. The second kappa shape index (κ2) is 5.96. The Kier molecular flexibility index (Phi) is 3.97. The molecule has 1 aromatic carbocycles. The topological polar surface area (TPSA) is 77.0 Å². The maximum Gasteiger partial charge on any atom is 0.359 e. The molecule has 0 aliphatic carbocycles. The van der Waals surface area contributed by atoms with Crippen LogP contribution in [0.5, 0.6) is 0 Å². The number of H-pyrrole nitrogens is 1. The van der Waals surface area contributed by atoms with E-state index >= 15 is 0 Å². The van der Waals surface area contributed by atoms with Crippen molar-refractivity contribution in [3.63, 3.8) is 0 Å². The SMILES string of the molecule is CC(C)(C)OC(=O)c1cn(CC(=O)c2c[nH]c3ccccc23)cn1. The van der Waals surface area contributed by atoms with E-state index in [9.17, 15) is 9.59 Å². The van der Waals surface area contributed by atoms with E-state index in [0.29, 0.717) is 5.56 Å². The van der Waals surface area contributed by atoms with Crippen LogP contribution < -0.4 is 0 Å². The van der Waals surface area contributed by atoms with Crippen LogP contribution in [0.15, 0.2) is 43.0 Å². The molecule has 0 radical (unpaired) electrons. The smallest absolute Gasteiger partial charge is 0.359 e. The van der Waals surface area contributed by atoms with E-state index in [0.717, 1.165) is 10.9 Å². The highest BCUT2D eigenvalue weighted by Crippen LogP contribution is 2.19. The highest BCUT2D eigenvalue weighted by atomic mass is 16.6. The molecule has 0 atom stereocenters. The number of nitrogens with zero attached hydrogens (tertiary/aromatic N) is 2. The first-order valence-electron chi connectivity index (χ1n) is 7.68. The number of nitrogens with one attached hydrogen (secondary N) is 1. The predicted octanol–water partition coefficient (Wildman–Crippen LogP) is 3.20. The summed E-state index contributed by atoms with van der Waals surface area (Å²) in [5.74, 6) is -0.554. The fourth-order valence-corrected chi connectivity index (χ4v) is 2.44. The molecule has 0 saturated heterocycles. The quantitative estimate of drug-likeness (QED) is 0.590. The van der Waals surface area contributed by atoms with Gasteiger partial charge in [0.25, 0.3) is 0 Å². The predicted molar refractivity (Wildman–Crippen MR) is 90.0 cm³/mol. The van der Waals surface area contributed by atoms with Gasteiger partial charge in [0.05, 0.1) is 12.9 Å². The normalized spacial score (nSPS) is 11.6. The number of hydrogen-bond acceptors (Lipinski definition) is 4. The number of carbonyl (C=O) groups is 2. The number of imidazole rings is 1. The molecule has 124 valence electrons. The van der Waals surface area contributed by atoms with Crippen LogP contribution >= 0.6 is 0 Å². The minimum absolute atomic E-state index is 0.0550. The number of carbonyl (C=O) groups excluding carboxylic acids is 2. The lowest BCUT2D eigenvalue weighted by Gasteiger charge is -2.18. The van der Waals surface area contributed by atoms with Crippen LogP contribution in [0.2, 0.25) is 0 Å². The molecular weight excluding hydrogens is 306 g/mol. The molecule has 0 amide bonds. The number of rotatable bonds is 4. The molecule has 6 heteroatoms. The Labute approximate surface area is 139 Å². The number of ketones is 1. The van der Waals surface area contributed by atoms with Gasteiger partial charge in [-0.1, -0.05) is 18.2 Å². The average Bonchev–Trinajstić information content (AvgIpc) is 3.11. The number of hydrogen-bond donors (Lipinski definition) is 1. The summed E-state index contributed by atoms with van der Waals surface area (Å²) in [5, 5.41) is 0.884. The maximum absolute atomic E-state index is 12.5. The molecule has 0 spiro atoms. The average molecular weight is 325 g/mol. The van der Waals surface area contributed by atoms with Crippen molar-refractivity contribution in [1.29, 1.82) is 0 Å². The lowest BCUT2D eigenvalue weighted by molar-refractivity contribution is 0.00631. The Bertz CT molecular complexity index is 900. The summed E-state index contributed by atoms with van der Waals surface area (Å²) in [6, 6.07) is 7.63. The summed E-state index contributed by atoms with van der Waals surface area (Å²) in [7, 11) is 0. The van der Waals surface area contributed by atoms with Crippen molar-refractivity contribution < 1.29 is 14.3 Å². The Morgan fingerprint density at radius 1 is 1.25 bits per heavy atom. The lowest BCUT2D eigenvalue weighted by Crippen LogP contribution is -2.24. The number of benzene rings is 1. The first kappa shape index (κ1) is 16.0. The van der Waals surface area contributed by atoms with E-state index < -0.39 is 11.6 Å². The number of aromatic amines is 1. The third-order valence-electron chi connectivity index (χ3n) is 3.46. The fourth-order valence-electron chi connectivity index (χ4n) is 2.44. The second-order valence-corrected chi connectivity index (χ2v) is 6.60. The van der Waals surface area contributed by atoms with Crippen LogP contribution in [0.3, 0.4) is 0 Å². The van der Waals surface area contributed by atoms with Crippen molar-refractivity contribution >= 4 is 22.7 Å². The Morgan fingerprint density at radius 3 is 2.75 bits per heavy atom. The van der Waals surface area contributed by atoms with Crippen LogP contribution in [-0.4, -0.2) is 31.9 Å². The molecule has 0 fully saturated rings. The van der Waals surface area contributed by atoms with Gasteiger partial charge < -0.3 is 14.3 Å². The highest BCUT2D eigenvalue weighted by molar-refractivity contribution is 6.07. The number of fused-ring (bicyclic) bond motifs is 1. The molecule has 1 N–H and O–H groups in total. The number of para-hydroxylation sites is 1. The van der Waals surface area contributed by atoms with Gasteiger partial charge >= 0.3 is 5.97 Å². The van der Waals surface area contributed by atoms with Gasteiger partial charge in [0.1, 0.15) is 5.60 Å². The number of Topliss-reactive ketones (excluding diaryl/α,β-unsaturated/α-hetero) is 1. The molecule has 3 aromatic rings. The van der Waals surface area contributed by atoms with Crippen LogP contribution in [0, 0.1) is 0 Å². The van der Waals surface area contributed by atoms with Gasteiger partial charge in [-0.2, -0.15) is 0 Å². The minimum atomic E-state index is -0.583. The summed E-state index contributed by atoms with van der Waals surface area (Å²) >= 11 is 0. The largest absolute Gasteiger partial charge is 0.455 e. The first-order valence-corrected chi connectivity index (χ1v) is 7.68. The Hall–Kier alpha value is -2.89. The summed E-state index contributed by atoms with van der Waals surface area (Å²) in [4.78, 5) is 31.6. The number of esters is 1. The molecule has 0 aliphatic heterocycles. The third-order valence-corrected chi connectivity index (χ3v) is 3.46. The lowest BCUT2D eigenvalue weighted by atomic mass is 10.1. The summed E-state index contributed by atoms with van der Waals surface area (Å²) in [6.07, 6.45) is 4.70.